The molecule has 9 heteroatoms. The molecule has 0 unspecified atom stereocenters. The van der Waals surface area contributed by atoms with Crippen molar-refractivity contribution < 1.29 is 29.0 Å². The van der Waals surface area contributed by atoms with Gasteiger partial charge in [-0.05, 0) is 42.5 Å². The van der Waals surface area contributed by atoms with Gasteiger partial charge in [0.2, 0.25) is 17.7 Å². The van der Waals surface area contributed by atoms with Gasteiger partial charge in [-0.3, -0.25) is 14.4 Å². The van der Waals surface area contributed by atoms with Gasteiger partial charge in [0.15, 0.2) is 0 Å². The Kier molecular flexibility index (Phi) is 6.53. The summed E-state index contributed by atoms with van der Waals surface area (Å²) in [6, 6.07) is 13.4. The van der Waals surface area contributed by atoms with Crippen molar-refractivity contribution in [1.29, 1.82) is 0 Å². The molecule has 0 saturated carbocycles. The van der Waals surface area contributed by atoms with Crippen LogP contribution in [0.25, 0.3) is 0 Å². The van der Waals surface area contributed by atoms with Crippen LogP contribution >= 0.6 is 11.8 Å². The van der Waals surface area contributed by atoms with Crippen molar-refractivity contribution >= 4 is 46.8 Å². The SMILES string of the molecule is COc1ccc(N2C(=O)C[C@@H](Sc3cccc(NC(=O)/C=C/C(=O)O)c3)C2=O)cc1. The van der Waals surface area contributed by atoms with E-state index in [2.05, 4.69) is 5.32 Å². The molecule has 0 aromatic heterocycles. The Morgan fingerprint density at radius 2 is 1.90 bits per heavy atom. The van der Waals surface area contributed by atoms with Crippen LogP contribution in [0.5, 0.6) is 5.75 Å². The van der Waals surface area contributed by atoms with Crippen molar-refractivity contribution in [3.8, 4) is 5.75 Å². The quantitative estimate of drug-likeness (QED) is 0.517. The van der Waals surface area contributed by atoms with Crippen molar-refractivity contribution in [2.45, 2.75) is 16.6 Å². The van der Waals surface area contributed by atoms with Crippen LogP contribution in [0, 0.1) is 0 Å². The molecular formula is C21H18N2O6S. The molecule has 0 spiro atoms. The molecule has 0 bridgehead atoms. The van der Waals surface area contributed by atoms with Gasteiger partial charge in [0.05, 0.1) is 18.0 Å². The normalized spacial score (nSPS) is 16.2. The zero-order valence-corrected chi connectivity index (χ0v) is 16.7. The van der Waals surface area contributed by atoms with E-state index in [0.717, 1.165) is 12.2 Å². The fraction of sp³-hybridized carbons (Fsp3) is 0.143. The predicted molar refractivity (Wildman–Crippen MR) is 112 cm³/mol. The van der Waals surface area contributed by atoms with Gasteiger partial charge in [0.25, 0.3) is 0 Å². The molecule has 1 aliphatic heterocycles. The summed E-state index contributed by atoms with van der Waals surface area (Å²) in [4.78, 5) is 49.3. The summed E-state index contributed by atoms with van der Waals surface area (Å²) in [5.41, 5.74) is 0.934. The van der Waals surface area contributed by atoms with E-state index in [1.54, 1.807) is 48.5 Å². The molecule has 8 nitrogen and oxygen atoms in total. The molecule has 2 aromatic carbocycles. The second-order valence-electron chi connectivity index (χ2n) is 6.26. The molecule has 1 heterocycles. The number of hydrogen-bond acceptors (Lipinski definition) is 6. The van der Waals surface area contributed by atoms with Crippen LogP contribution in [0.15, 0.2) is 65.6 Å². The number of imide groups is 1. The molecule has 0 aliphatic carbocycles. The maximum absolute atomic E-state index is 12.8. The molecule has 1 fully saturated rings. The van der Waals surface area contributed by atoms with Crippen molar-refractivity contribution in [2.24, 2.45) is 0 Å². The highest BCUT2D eigenvalue weighted by Gasteiger charge is 2.40. The number of aliphatic carboxylic acids is 1. The molecule has 1 saturated heterocycles. The fourth-order valence-electron chi connectivity index (χ4n) is 2.84. The Labute approximate surface area is 176 Å². The third-order valence-electron chi connectivity index (χ3n) is 4.19. The summed E-state index contributed by atoms with van der Waals surface area (Å²) in [6.07, 6.45) is 1.71. The Morgan fingerprint density at radius 3 is 2.57 bits per heavy atom. The Bertz CT molecular complexity index is 1020. The first-order valence-electron chi connectivity index (χ1n) is 8.87. The van der Waals surface area contributed by atoms with Crippen LogP contribution in [0.2, 0.25) is 0 Å². The lowest BCUT2D eigenvalue weighted by atomic mass is 10.3. The first-order valence-corrected chi connectivity index (χ1v) is 9.75. The minimum absolute atomic E-state index is 0.0630. The number of carbonyl (C=O) groups excluding carboxylic acids is 3. The van der Waals surface area contributed by atoms with E-state index in [0.29, 0.717) is 22.0 Å². The topological polar surface area (TPSA) is 113 Å². The highest BCUT2D eigenvalue weighted by Crippen LogP contribution is 2.35. The minimum atomic E-state index is -1.22. The van der Waals surface area contributed by atoms with Gasteiger partial charge in [-0.1, -0.05) is 6.07 Å². The van der Waals surface area contributed by atoms with Gasteiger partial charge in [0, 0.05) is 29.2 Å². The highest BCUT2D eigenvalue weighted by atomic mass is 32.2. The number of nitrogens with one attached hydrogen (secondary N) is 1. The van der Waals surface area contributed by atoms with Gasteiger partial charge < -0.3 is 15.2 Å². The van der Waals surface area contributed by atoms with Gasteiger partial charge in [-0.25, -0.2) is 9.69 Å². The van der Waals surface area contributed by atoms with Crippen LogP contribution < -0.4 is 15.0 Å². The van der Waals surface area contributed by atoms with Crippen LogP contribution in [-0.2, 0) is 19.2 Å². The van der Waals surface area contributed by atoms with Gasteiger partial charge in [0.1, 0.15) is 5.75 Å². The number of benzene rings is 2. The molecular weight excluding hydrogens is 408 g/mol. The van der Waals surface area contributed by atoms with E-state index in [1.165, 1.54) is 23.8 Å². The number of ether oxygens (including phenoxy) is 1. The lowest BCUT2D eigenvalue weighted by Crippen LogP contribution is -2.31. The second kappa shape index (κ2) is 9.27. The molecule has 3 amide bonds. The van der Waals surface area contributed by atoms with Crippen molar-refractivity contribution in [2.75, 3.05) is 17.3 Å². The molecule has 2 aromatic rings. The zero-order valence-electron chi connectivity index (χ0n) is 15.9. The molecule has 3 rings (SSSR count). The van der Waals surface area contributed by atoms with Crippen molar-refractivity contribution in [3.63, 3.8) is 0 Å². The van der Waals surface area contributed by atoms with Crippen molar-refractivity contribution in [3.05, 3.63) is 60.7 Å². The molecule has 1 aliphatic rings. The highest BCUT2D eigenvalue weighted by molar-refractivity contribution is 8.00. The number of methoxy groups -OCH3 is 1. The molecule has 0 radical (unpaired) electrons. The third kappa shape index (κ3) is 5.06. The number of rotatable bonds is 7. The summed E-state index contributed by atoms with van der Waals surface area (Å²) in [5, 5.41) is 10.5. The smallest absolute Gasteiger partial charge is 0.328 e. The number of amides is 3. The molecule has 1 atom stereocenters. The number of carbonyl (C=O) groups is 4. The first kappa shape index (κ1) is 21.1. The largest absolute Gasteiger partial charge is 0.497 e. The number of nitrogens with zero attached hydrogens (tertiary/aromatic N) is 1. The number of carboxylic acids is 1. The van der Waals surface area contributed by atoms with Crippen LogP contribution in [-0.4, -0.2) is 41.2 Å². The van der Waals surface area contributed by atoms with Crippen LogP contribution in [0.3, 0.4) is 0 Å². The maximum atomic E-state index is 12.8. The predicted octanol–water partition coefficient (Wildman–Crippen LogP) is 2.70. The van der Waals surface area contributed by atoms with Crippen LogP contribution in [0.4, 0.5) is 11.4 Å². The third-order valence-corrected chi connectivity index (χ3v) is 5.37. The number of carboxylic acid groups (broad SMARTS) is 1. The Hall–Kier alpha value is -3.59. The molecule has 30 heavy (non-hydrogen) atoms. The van der Waals surface area contributed by atoms with Crippen molar-refractivity contribution in [1.82, 2.24) is 0 Å². The summed E-state index contributed by atoms with van der Waals surface area (Å²) in [6.45, 7) is 0. The minimum Gasteiger partial charge on any atom is -0.497 e. The lowest BCUT2D eigenvalue weighted by molar-refractivity contribution is -0.131. The number of thioether (sulfide) groups is 1. The summed E-state index contributed by atoms with van der Waals surface area (Å²) >= 11 is 1.23. The number of hydrogen-bond donors (Lipinski definition) is 2. The standard InChI is InChI=1S/C21H18N2O6S/c1-29-15-7-5-14(6-8-15)23-19(25)12-17(21(23)28)30-16-4-2-3-13(11-16)22-18(24)9-10-20(26)27/h2-11,17H,12H2,1H3,(H,22,24)(H,26,27)/b10-9+/t17-/m1/s1. The summed E-state index contributed by atoms with van der Waals surface area (Å²) in [7, 11) is 1.53. The number of anilines is 2. The molecule has 2 N–H and O–H groups in total. The average Bonchev–Trinajstić information content (AvgIpc) is 3.00. The first-order chi connectivity index (χ1) is 14.4. The summed E-state index contributed by atoms with van der Waals surface area (Å²) in [5.74, 6) is -1.78. The van der Waals surface area contributed by atoms with E-state index in [4.69, 9.17) is 9.84 Å². The van der Waals surface area contributed by atoms with E-state index >= 15 is 0 Å². The van der Waals surface area contributed by atoms with Gasteiger partial charge in [-0.15, -0.1) is 11.8 Å². The fourth-order valence-corrected chi connectivity index (χ4v) is 3.95. The van der Waals surface area contributed by atoms with Crippen LogP contribution in [0.1, 0.15) is 6.42 Å². The maximum Gasteiger partial charge on any atom is 0.328 e. The zero-order chi connectivity index (χ0) is 21.7. The van der Waals surface area contributed by atoms with Gasteiger partial charge in [-0.2, -0.15) is 0 Å². The second-order valence-corrected chi connectivity index (χ2v) is 7.54. The monoisotopic (exact) mass is 426 g/mol. The van der Waals surface area contributed by atoms with E-state index in [1.807, 2.05) is 0 Å². The van der Waals surface area contributed by atoms with Gasteiger partial charge >= 0.3 is 5.97 Å². The lowest BCUT2D eigenvalue weighted by Gasteiger charge is -2.15. The summed E-state index contributed by atoms with van der Waals surface area (Å²) < 4.78 is 5.10. The Balaban J connectivity index is 1.69. The average molecular weight is 426 g/mol. The Morgan fingerprint density at radius 1 is 1.17 bits per heavy atom. The van der Waals surface area contributed by atoms with E-state index < -0.39 is 17.1 Å². The van der Waals surface area contributed by atoms with E-state index in [9.17, 15) is 19.2 Å². The molecule has 154 valence electrons. The van der Waals surface area contributed by atoms with E-state index in [-0.39, 0.29) is 18.2 Å².